The van der Waals surface area contributed by atoms with Crippen molar-refractivity contribution in [3.63, 3.8) is 0 Å². The van der Waals surface area contributed by atoms with Crippen molar-refractivity contribution in [3.8, 4) is 5.75 Å². The van der Waals surface area contributed by atoms with Gasteiger partial charge in [0.05, 0.1) is 6.61 Å². The summed E-state index contributed by atoms with van der Waals surface area (Å²) in [5.74, 6) is 2.27. The van der Waals surface area contributed by atoms with Crippen molar-refractivity contribution in [1.29, 1.82) is 0 Å². The van der Waals surface area contributed by atoms with E-state index in [-0.39, 0.29) is 12.6 Å². The van der Waals surface area contributed by atoms with E-state index in [0.29, 0.717) is 19.6 Å². The average molecular weight is 349 g/mol. The lowest BCUT2D eigenvalue weighted by molar-refractivity contribution is -0.0172. The van der Waals surface area contributed by atoms with Gasteiger partial charge in [-0.1, -0.05) is 6.92 Å². The van der Waals surface area contributed by atoms with E-state index in [2.05, 4.69) is 24.1 Å². The van der Waals surface area contributed by atoms with Crippen LogP contribution in [0, 0.1) is 11.7 Å². The number of guanidine groups is 1. The van der Waals surface area contributed by atoms with Crippen LogP contribution in [0.1, 0.15) is 37.8 Å². The van der Waals surface area contributed by atoms with Crippen molar-refractivity contribution in [2.75, 3.05) is 33.0 Å². The largest absolute Gasteiger partial charge is 0.467 e. The summed E-state index contributed by atoms with van der Waals surface area (Å²) in [6, 6.07) is 3.04. The second-order valence-electron chi connectivity index (χ2n) is 6.82. The van der Waals surface area contributed by atoms with Crippen LogP contribution in [0.2, 0.25) is 0 Å². The summed E-state index contributed by atoms with van der Waals surface area (Å²) in [5, 5.41) is 3.38. The molecule has 0 atom stereocenters. The molecule has 5 nitrogen and oxygen atoms in total. The van der Waals surface area contributed by atoms with Crippen molar-refractivity contribution in [2.45, 2.75) is 39.7 Å². The van der Waals surface area contributed by atoms with Gasteiger partial charge in [-0.25, -0.2) is 4.39 Å². The summed E-state index contributed by atoms with van der Waals surface area (Å²) in [5.41, 5.74) is 1.65. The summed E-state index contributed by atoms with van der Waals surface area (Å²) in [6.07, 6.45) is 3.06. The van der Waals surface area contributed by atoms with E-state index < -0.39 is 0 Å². The van der Waals surface area contributed by atoms with Gasteiger partial charge in [0, 0.05) is 31.7 Å². The minimum Gasteiger partial charge on any atom is -0.467 e. The predicted molar refractivity (Wildman–Crippen MR) is 96.3 cm³/mol. The Hall–Kier alpha value is -1.82. The van der Waals surface area contributed by atoms with Crippen molar-refractivity contribution in [3.05, 3.63) is 29.1 Å². The maximum Gasteiger partial charge on any atom is 0.193 e. The lowest BCUT2D eigenvalue weighted by Gasteiger charge is -2.33. The second-order valence-corrected chi connectivity index (χ2v) is 6.82. The molecule has 3 rings (SSSR count). The molecular formula is C19H28FN3O2. The predicted octanol–water partition coefficient (Wildman–Crippen LogP) is 2.93. The van der Waals surface area contributed by atoms with Crippen LogP contribution < -0.4 is 10.1 Å². The summed E-state index contributed by atoms with van der Waals surface area (Å²) in [6.45, 7) is 8.55. The van der Waals surface area contributed by atoms with E-state index >= 15 is 0 Å². The first-order valence-corrected chi connectivity index (χ1v) is 9.22. The van der Waals surface area contributed by atoms with Crippen LogP contribution in [-0.2, 0) is 17.8 Å². The molecule has 0 unspecified atom stereocenters. The topological polar surface area (TPSA) is 46.1 Å². The molecule has 0 aliphatic carbocycles. The smallest absolute Gasteiger partial charge is 0.193 e. The zero-order valence-corrected chi connectivity index (χ0v) is 15.2. The van der Waals surface area contributed by atoms with Gasteiger partial charge in [-0.2, -0.15) is 0 Å². The van der Waals surface area contributed by atoms with Crippen molar-refractivity contribution >= 4 is 5.96 Å². The van der Waals surface area contributed by atoms with Gasteiger partial charge in [0.1, 0.15) is 11.6 Å². The molecule has 0 saturated carbocycles. The molecule has 0 aromatic heterocycles. The maximum atomic E-state index is 13.8. The number of rotatable bonds is 4. The third-order valence-electron chi connectivity index (χ3n) is 4.81. The third kappa shape index (κ3) is 4.63. The molecule has 1 aromatic carbocycles. The lowest BCUT2D eigenvalue weighted by atomic mass is 9.99. The molecule has 1 aromatic rings. The fourth-order valence-corrected chi connectivity index (χ4v) is 3.37. The van der Waals surface area contributed by atoms with Gasteiger partial charge in [0.2, 0.25) is 0 Å². The van der Waals surface area contributed by atoms with Gasteiger partial charge in [0.25, 0.3) is 0 Å². The first kappa shape index (κ1) is 18.0. The second kappa shape index (κ2) is 8.52. The van der Waals surface area contributed by atoms with Crippen molar-refractivity contribution in [2.24, 2.45) is 10.9 Å². The number of aliphatic imine (C=N–C) groups is 1. The van der Waals surface area contributed by atoms with Gasteiger partial charge in [-0.15, -0.1) is 0 Å². The molecule has 2 heterocycles. The summed E-state index contributed by atoms with van der Waals surface area (Å²) in [4.78, 5) is 7.09. The van der Waals surface area contributed by atoms with E-state index in [4.69, 9.17) is 14.5 Å². The maximum absolute atomic E-state index is 13.8. The molecule has 1 fully saturated rings. The number of benzene rings is 1. The van der Waals surface area contributed by atoms with Crippen LogP contribution in [0.4, 0.5) is 4.39 Å². The van der Waals surface area contributed by atoms with Crippen molar-refractivity contribution < 1.29 is 13.9 Å². The standard InChI is InChI=1S/C19H28FN3O2/c1-3-21-19(23-8-5-14(2)6-9-23)22-7-4-15-10-17(20)11-16-12-24-13-25-18(15)16/h10-11,14H,3-9,12-13H2,1-2H3,(H,21,22). The molecule has 0 bridgehead atoms. The zero-order valence-electron chi connectivity index (χ0n) is 15.2. The van der Waals surface area contributed by atoms with E-state index in [0.717, 1.165) is 48.4 Å². The number of ether oxygens (including phenoxy) is 2. The number of fused-ring (bicyclic) bond motifs is 1. The lowest BCUT2D eigenvalue weighted by Crippen LogP contribution is -2.45. The summed E-state index contributed by atoms with van der Waals surface area (Å²) >= 11 is 0. The summed E-state index contributed by atoms with van der Waals surface area (Å²) < 4.78 is 24.6. The van der Waals surface area contributed by atoms with E-state index in [1.165, 1.54) is 18.9 Å². The van der Waals surface area contributed by atoms with Gasteiger partial charge < -0.3 is 19.7 Å². The Morgan fingerprint density at radius 2 is 2.16 bits per heavy atom. The Bertz CT molecular complexity index is 613. The van der Waals surface area contributed by atoms with Crippen LogP contribution in [0.15, 0.2) is 17.1 Å². The quantitative estimate of drug-likeness (QED) is 0.671. The van der Waals surface area contributed by atoms with Crippen LogP contribution >= 0.6 is 0 Å². The van der Waals surface area contributed by atoms with Crippen LogP contribution in [0.5, 0.6) is 5.75 Å². The van der Waals surface area contributed by atoms with Gasteiger partial charge in [-0.3, -0.25) is 4.99 Å². The number of hydrogen-bond donors (Lipinski definition) is 1. The molecular weight excluding hydrogens is 321 g/mol. The first-order valence-electron chi connectivity index (χ1n) is 9.22. The van der Waals surface area contributed by atoms with E-state index in [1.54, 1.807) is 6.07 Å². The van der Waals surface area contributed by atoms with Gasteiger partial charge in [0.15, 0.2) is 12.8 Å². The molecule has 0 radical (unpaired) electrons. The molecule has 1 N–H and O–H groups in total. The number of hydrogen-bond acceptors (Lipinski definition) is 3. The normalized spacial score (nSPS) is 18.7. The highest BCUT2D eigenvalue weighted by molar-refractivity contribution is 5.80. The molecule has 1 saturated heterocycles. The molecule has 0 spiro atoms. The Morgan fingerprint density at radius 3 is 2.92 bits per heavy atom. The number of likely N-dealkylation sites (tertiary alicyclic amines) is 1. The van der Waals surface area contributed by atoms with Crippen LogP contribution in [0.25, 0.3) is 0 Å². The monoisotopic (exact) mass is 349 g/mol. The fourth-order valence-electron chi connectivity index (χ4n) is 3.37. The number of piperidine rings is 1. The fraction of sp³-hybridized carbons (Fsp3) is 0.632. The van der Waals surface area contributed by atoms with Gasteiger partial charge in [-0.05, 0) is 49.8 Å². The number of nitrogens with zero attached hydrogens (tertiary/aromatic N) is 2. The van der Waals surface area contributed by atoms with Crippen LogP contribution in [0.3, 0.4) is 0 Å². The molecule has 25 heavy (non-hydrogen) atoms. The van der Waals surface area contributed by atoms with Crippen LogP contribution in [-0.4, -0.2) is 43.8 Å². The molecule has 2 aliphatic heterocycles. The molecule has 2 aliphatic rings. The highest BCUT2D eigenvalue weighted by atomic mass is 19.1. The van der Waals surface area contributed by atoms with E-state index in [9.17, 15) is 4.39 Å². The molecule has 138 valence electrons. The van der Waals surface area contributed by atoms with Gasteiger partial charge >= 0.3 is 0 Å². The highest BCUT2D eigenvalue weighted by Gasteiger charge is 2.19. The zero-order chi connectivity index (χ0) is 17.6. The van der Waals surface area contributed by atoms with E-state index in [1.807, 2.05) is 0 Å². The Labute approximate surface area is 149 Å². The Balaban J connectivity index is 1.67. The average Bonchev–Trinajstić information content (AvgIpc) is 2.61. The molecule has 6 heteroatoms. The minimum atomic E-state index is -0.247. The summed E-state index contributed by atoms with van der Waals surface area (Å²) in [7, 11) is 0. The SMILES string of the molecule is CCNC(=NCCc1cc(F)cc2c1OCOC2)N1CCC(C)CC1. The third-order valence-corrected chi connectivity index (χ3v) is 4.81. The molecule has 0 amide bonds. The van der Waals surface area contributed by atoms with Crippen molar-refractivity contribution in [1.82, 2.24) is 10.2 Å². The Kier molecular flexibility index (Phi) is 6.13. The number of nitrogens with one attached hydrogen (secondary N) is 1. The Morgan fingerprint density at radius 1 is 1.36 bits per heavy atom. The number of halogens is 1. The minimum absolute atomic E-state index is 0.226. The highest BCUT2D eigenvalue weighted by Crippen LogP contribution is 2.29. The first-order chi connectivity index (χ1) is 12.2.